The van der Waals surface area contributed by atoms with Crippen LogP contribution >= 0.6 is 12.2 Å². The maximum atomic E-state index is 6.61. The largest absolute Gasteiger partial charge is 0.487 e. The Hall–Kier alpha value is -2.07. The fourth-order valence-electron chi connectivity index (χ4n) is 5.23. The van der Waals surface area contributed by atoms with Gasteiger partial charge >= 0.3 is 0 Å². The summed E-state index contributed by atoms with van der Waals surface area (Å²) in [5, 5.41) is 3.36. The van der Waals surface area contributed by atoms with Crippen molar-refractivity contribution < 1.29 is 9.47 Å². The lowest BCUT2D eigenvalue weighted by molar-refractivity contribution is -0.0727. The summed E-state index contributed by atoms with van der Waals surface area (Å²) in [4.78, 5) is 0.692. The van der Waals surface area contributed by atoms with Gasteiger partial charge in [-0.25, -0.2) is 0 Å². The number of ether oxygens (including phenoxy) is 2. The van der Waals surface area contributed by atoms with Crippen LogP contribution in [0.15, 0.2) is 42.5 Å². The van der Waals surface area contributed by atoms with E-state index in [0.717, 1.165) is 42.0 Å². The summed E-state index contributed by atoms with van der Waals surface area (Å²) >= 11 is 5.76. The first-order valence-corrected chi connectivity index (χ1v) is 10.2. The lowest BCUT2D eigenvalue weighted by Gasteiger charge is -2.55. The predicted molar refractivity (Wildman–Crippen MR) is 112 cm³/mol. The molecule has 1 fully saturated rings. The Balaban J connectivity index is 1.60. The minimum absolute atomic E-state index is 0.0524. The van der Waals surface area contributed by atoms with Crippen LogP contribution in [0.3, 0.4) is 0 Å². The molecule has 2 heterocycles. The number of rotatable bonds is 2. The van der Waals surface area contributed by atoms with Crippen LogP contribution < -0.4 is 14.8 Å². The van der Waals surface area contributed by atoms with Crippen molar-refractivity contribution in [1.82, 2.24) is 0 Å². The van der Waals surface area contributed by atoms with Crippen molar-refractivity contribution in [2.75, 3.05) is 5.32 Å². The van der Waals surface area contributed by atoms with E-state index in [-0.39, 0.29) is 11.2 Å². The van der Waals surface area contributed by atoms with Gasteiger partial charge in [-0.3, -0.25) is 0 Å². The summed E-state index contributed by atoms with van der Waals surface area (Å²) in [6, 6.07) is 14.2. The highest BCUT2D eigenvalue weighted by Gasteiger charge is 2.54. The number of para-hydroxylation sites is 1. The zero-order valence-corrected chi connectivity index (χ0v) is 16.9. The number of nitrogens with one attached hydrogen (secondary N) is 1. The average molecular weight is 380 g/mol. The molecule has 0 spiro atoms. The van der Waals surface area contributed by atoms with E-state index >= 15 is 0 Å². The Morgan fingerprint density at radius 2 is 1.85 bits per heavy atom. The van der Waals surface area contributed by atoms with Gasteiger partial charge in [0.25, 0.3) is 0 Å². The molecule has 0 saturated heterocycles. The van der Waals surface area contributed by atoms with Crippen LogP contribution in [-0.4, -0.2) is 16.2 Å². The van der Waals surface area contributed by atoms with Gasteiger partial charge in [0, 0.05) is 23.1 Å². The molecule has 1 aliphatic carbocycles. The molecule has 2 aliphatic heterocycles. The van der Waals surface area contributed by atoms with Gasteiger partial charge in [0.1, 0.15) is 27.7 Å². The van der Waals surface area contributed by atoms with Crippen LogP contribution in [0.1, 0.15) is 57.1 Å². The number of thiocarbonyl (C=S) groups is 1. The molecule has 0 radical (unpaired) electrons. The SMILES string of the molecule is CC12CCC3C(C1)c1c(ccc(C(=S)Nc4ccccc4)c1OC3(C)C)O2. The van der Waals surface area contributed by atoms with E-state index in [1.54, 1.807) is 0 Å². The second-order valence-corrected chi connectivity index (χ2v) is 9.30. The van der Waals surface area contributed by atoms with Crippen molar-refractivity contribution in [3.63, 3.8) is 0 Å². The first-order valence-electron chi connectivity index (χ1n) is 9.78. The Morgan fingerprint density at radius 1 is 1.07 bits per heavy atom. The lowest BCUT2D eigenvalue weighted by atomic mass is 9.61. The summed E-state index contributed by atoms with van der Waals surface area (Å²) < 4.78 is 13.0. The third-order valence-corrected chi connectivity index (χ3v) is 6.86. The number of anilines is 1. The van der Waals surface area contributed by atoms with E-state index < -0.39 is 0 Å². The van der Waals surface area contributed by atoms with Gasteiger partial charge in [-0.1, -0.05) is 30.4 Å². The molecule has 3 unspecified atom stereocenters. The van der Waals surface area contributed by atoms with Crippen molar-refractivity contribution in [3.05, 3.63) is 53.6 Å². The number of fused-ring (bicyclic) bond motifs is 1. The third kappa shape index (κ3) is 2.65. The standard InChI is InChI=1S/C23H25NO2S/c1-22(2)17-11-12-23(3)13-16(17)19-18(25-23)10-9-15(20(19)26-22)21(27)24-14-7-5-4-6-8-14/h4-10,16-17H,11-13H2,1-3H3,(H,24,27). The minimum Gasteiger partial charge on any atom is -0.487 e. The molecule has 2 bridgehead atoms. The van der Waals surface area contributed by atoms with E-state index in [0.29, 0.717) is 16.8 Å². The number of hydrogen-bond donors (Lipinski definition) is 1. The monoisotopic (exact) mass is 379 g/mol. The van der Waals surface area contributed by atoms with Crippen LogP contribution in [0.2, 0.25) is 0 Å². The van der Waals surface area contributed by atoms with E-state index in [1.165, 1.54) is 5.56 Å². The zero-order chi connectivity index (χ0) is 18.8. The zero-order valence-electron chi connectivity index (χ0n) is 16.0. The van der Waals surface area contributed by atoms with Crippen LogP contribution in [0.25, 0.3) is 0 Å². The Morgan fingerprint density at radius 3 is 2.63 bits per heavy atom. The molecular weight excluding hydrogens is 354 g/mol. The van der Waals surface area contributed by atoms with Crippen molar-refractivity contribution in [1.29, 1.82) is 0 Å². The fraction of sp³-hybridized carbons (Fsp3) is 0.435. The molecule has 1 saturated carbocycles. The number of benzene rings is 2. The molecule has 2 aromatic rings. The van der Waals surface area contributed by atoms with Gasteiger partial charge in [0.2, 0.25) is 0 Å². The Bertz CT molecular complexity index is 923. The second kappa shape index (κ2) is 5.71. The summed E-state index contributed by atoms with van der Waals surface area (Å²) in [7, 11) is 0. The molecule has 1 N–H and O–H groups in total. The van der Waals surface area contributed by atoms with Gasteiger partial charge < -0.3 is 14.8 Å². The normalized spacial score (nSPS) is 29.3. The smallest absolute Gasteiger partial charge is 0.137 e. The highest BCUT2D eigenvalue weighted by molar-refractivity contribution is 7.81. The average Bonchev–Trinajstić information content (AvgIpc) is 2.61. The van der Waals surface area contributed by atoms with Gasteiger partial charge in [0.15, 0.2) is 0 Å². The lowest BCUT2D eigenvalue weighted by Crippen LogP contribution is -2.54. The van der Waals surface area contributed by atoms with Crippen molar-refractivity contribution >= 4 is 22.9 Å². The van der Waals surface area contributed by atoms with Crippen LogP contribution in [0.4, 0.5) is 5.69 Å². The second-order valence-electron chi connectivity index (χ2n) is 8.89. The molecule has 3 aliphatic rings. The van der Waals surface area contributed by atoms with Gasteiger partial charge in [-0.2, -0.15) is 0 Å². The Labute approximate surface area is 166 Å². The van der Waals surface area contributed by atoms with Gasteiger partial charge in [0.05, 0.1) is 5.56 Å². The molecule has 140 valence electrons. The Kier molecular flexibility index (Phi) is 3.61. The predicted octanol–water partition coefficient (Wildman–Crippen LogP) is 5.68. The number of hydrogen-bond acceptors (Lipinski definition) is 3. The van der Waals surface area contributed by atoms with Crippen LogP contribution in [0.5, 0.6) is 11.5 Å². The molecular formula is C23H25NO2S. The maximum Gasteiger partial charge on any atom is 0.137 e. The quantitative estimate of drug-likeness (QED) is 0.680. The van der Waals surface area contributed by atoms with Crippen molar-refractivity contribution in [3.8, 4) is 11.5 Å². The van der Waals surface area contributed by atoms with Gasteiger partial charge in [-0.05, 0) is 64.3 Å². The summed E-state index contributed by atoms with van der Waals surface area (Å²) in [5.41, 5.74) is 2.92. The third-order valence-electron chi connectivity index (χ3n) is 6.54. The van der Waals surface area contributed by atoms with E-state index in [4.69, 9.17) is 21.7 Å². The van der Waals surface area contributed by atoms with Gasteiger partial charge in [-0.15, -0.1) is 0 Å². The van der Waals surface area contributed by atoms with E-state index in [1.807, 2.05) is 36.4 Å². The molecule has 3 atom stereocenters. The molecule has 5 rings (SSSR count). The minimum atomic E-state index is -0.202. The topological polar surface area (TPSA) is 30.5 Å². The molecule has 4 heteroatoms. The maximum absolute atomic E-state index is 6.61. The van der Waals surface area contributed by atoms with Crippen LogP contribution in [0, 0.1) is 5.92 Å². The first kappa shape index (κ1) is 17.1. The van der Waals surface area contributed by atoms with E-state index in [2.05, 4.69) is 32.2 Å². The molecule has 3 nitrogen and oxygen atoms in total. The van der Waals surface area contributed by atoms with Crippen molar-refractivity contribution in [2.24, 2.45) is 5.92 Å². The molecule has 27 heavy (non-hydrogen) atoms. The highest BCUT2D eigenvalue weighted by atomic mass is 32.1. The summed E-state index contributed by atoms with van der Waals surface area (Å²) in [6.45, 7) is 6.70. The molecule has 0 amide bonds. The van der Waals surface area contributed by atoms with Crippen LogP contribution in [-0.2, 0) is 0 Å². The fourth-order valence-corrected chi connectivity index (χ4v) is 5.51. The van der Waals surface area contributed by atoms with E-state index in [9.17, 15) is 0 Å². The first-order chi connectivity index (χ1) is 12.9. The highest BCUT2D eigenvalue weighted by Crippen LogP contribution is 2.60. The molecule has 2 aromatic carbocycles. The molecule has 0 aromatic heterocycles. The summed E-state index contributed by atoms with van der Waals surface area (Å²) in [6.07, 6.45) is 3.29. The summed E-state index contributed by atoms with van der Waals surface area (Å²) in [5.74, 6) is 2.89. The van der Waals surface area contributed by atoms with Crippen molar-refractivity contribution in [2.45, 2.75) is 57.2 Å².